The lowest BCUT2D eigenvalue weighted by atomic mass is 9.61. The van der Waals surface area contributed by atoms with Crippen molar-refractivity contribution in [2.45, 2.75) is 66.8 Å². The summed E-state index contributed by atoms with van der Waals surface area (Å²) >= 11 is 5.58. The Morgan fingerprint density at radius 2 is 1.88 bits per heavy atom. The van der Waals surface area contributed by atoms with E-state index in [4.69, 9.17) is 11.6 Å². The first kappa shape index (κ1) is 26.1. The molecule has 2 rings (SSSR count). The predicted octanol–water partition coefficient (Wildman–Crippen LogP) is 7.71. The Kier molecular flexibility index (Phi) is 9.96. The number of halogens is 1. The van der Waals surface area contributed by atoms with Gasteiger partial charge in [-0.3, -0.25) is 9.98 Å². The van der Waals surface area contributed by atoms with Gasteiger partial charge in [-0.2, -0.15) is 0 Å². The molecule has 1 fully saturated rings. The third-order valence-corrected chi connectivity index (χ3v) is 6.19. The average Bonchev–Trinajstić information content (AvgIpc) is 2.72. The lowest BCUT2D eigenvalue weighted by Gasteiger charge is -2.45. The van der Waals surface area contributed by atoms with Crippen LogP contribution in [0.5, 0.6) is 0 Å². The zero-order valence-corrected chi connectivity index (χ0v) is 21.3. The average molecular weight is 454 g/mol. The van der Waals surface area contributed by atoms with E-state index < -0.39 is 0 Å². The van der Waals surface area contributed by atoms with Crippen LogP contribution < -0.4 is 0 Å². The maximum atomic E-state index is 5.58. The maximum Gasteiger partial charge on any atom is 0.0586 e. The Hall–Kier alpha value is -2.13. The summed E-state index contributed by atoms with van der Waals surface area (Å²) in [5.74, 6) is 0.422. The second kappa shape index (κ2) is 12.2. The van der Waals surface area contributed by atoms with Crippen molar-refractivity contribution in [1.82, 2.24) is 9.88 Å². The molecule has 0 radical (unpaired) electrons. The fourth-order valence-corrected chi connectivity index (χ4v) is 5.36. The molecule has 0 atom stereocenters. The van der Waals surface area contributed by atoms with Crippen LogP contribution in [0.15, 0.2) is 71.1 Å². The van der Waals surface area contributed by atoms with Gasteiger partial charge in [0.2, 0.25) is 0 Å². The molecule has 0 aromatic carbocycles. The van der Waals surface area contributed by atoms with Gasteiger partial charge in [-0.25, -0.2) is 0 Å². The van der Waals surface area contributed by atoms with Gasteiger partial charge in [0.1, 0.15) is 0 Å². The van der Waals surface area contributed by atoms with Crippen LogP contribution in [-0.4, -0.2) is 23.1 Å². The molecule has 1 aliphatic rings. The van der Waals surface area contributed by atoms with Gasteiger partial charge < -0.3 is 4.90 Å². The summed E-state index contributed by atoms with van der Waals surface area (Å²) < 4.78 is 0. The molecule has 0 amide bonds. The molecule has 0 bridgehead atoms. The van der Waals surface area contributed by atoms with Gasteiger partial charge in [0.15, 0.2) is 0 Å². The third-order valence-electron chi connectivity index (χ3n) is 6.05. The quantitative estimate of drug-likeness (QED) is 0.268. The fourth-order valence-electron chi connectivity index (χ4n) is 5.28. The van der Waals surface area contributed by atoms with E-state index in [1.54, 1.807) is 6.08 Å². The van der Waals surface area contributed by atoms with Crippen molar-refractivity contribution in [2.75, 3.05) is 6.54 Å². The first-order valence-corrected chi connectivity index (χ1v) is 12.1. The summed E-state index contributed by atoms with van der Waals surface area (Å²) in [6, 6.07) is 4.20. The van der Waals surface area contributed by atoms with E-state index in [2.05, 4.69) is 80.6 Å². The monoisotopic (exact) mass is 453 g/mol. The predicted molar refractivity (Wildman–Crippen MR) is 140 cm³/mol. The SMILES string of the molecule is C=N/C(=C\N(C/C=C/C=C\C=C/Cl)Cc1cccnc1CC)C1CC(C)(C)CC(C)(C)C1. The standard InChI is InChI=1S/C28H40ClN3/c1-7-25-23(14-13-16-31-25)20-32(17-12-10-8-9-11-15-29)21-26(30-6)24-18-27(2,3)22-28(4,5)19-24/h8-16,21,24H,6-7,17-20,22H2,1-5H3/b9-8-,12-10+,15-11-,26-21-. The van der Waals surface area contributed by atoms with E-state index in [-0.39, 0.29) is 0 Å². The lowest BCUT2D eigenvalue weighted by Crippen LogP contribution is -2.34. The molecule has 174 valence electrons. The first-order valence-electron chi connectivity index (χ1n) is 11.6. The summed E-state index contributed by atoms with van der Waals surface area (Å²) in [4.78, 5) is 11.4. The van der Waals surface area contributed by atoms with E-state index in [9.17, 15) is 0 Å². The number of allylic oxidation sites excluding steroid dienone is 5. The van der Waals surface area contributed by atoms with Crippen molar-refractivity contribution in [3.63, 3.8) is 0 Å². The van der Waals surface area contributed by atoms with E-state index in [0.29, 0.717) is 16.7 Å². The van der Waals surface area contributed by atoms with Gasteiger partial charge in [0, 0.05) is 42.6 Å². The number of rotatable bonds is 10. The Morgan fingerprint density at radius 1 is 1.19 bits per heavy atom. The van der Waals surface area contributed by atoms with Crippen LogP contribution >= 0.6 is 11.6 Å². The number of pyridine rings is 1. The van der Waals surface area contributed by atoms with Crippen LogP contribution in [0.25, 0.3) is 0 Å². The topological polar surface area (TPSA) is 28.5 Å². The first-order chi connectivity index (χ1) is 15.2. The molecule has 32 heavy (non-hydrogen) atoms. The van der Waals surface area contributed by atoms with Gasteiger partial charge >= 0.3 is 0 Å². The number of aryl methyl sites for hydroxylation is 1. The molecule has 4 heteroatoms. The van der Waals surface area contributed by atoms with Gasteiger partial charge in [0.25, 0.3) is 0 Å². The summed E-state index contributed by atoms with van der Waals surface area (Å²) in [6.45, 7) is 17.2. The van der Waals surface area contributed by atoms with Crippen molar-refractivity contribution in [3.05, 3.63) is 77.4 Å². The van der Waals surface area contributed by atoms with E-state index in [0.717, 1.165) is 43.7 Å². The highest BCUT2D eigenvalue weighted by Crippen LogP contribution is 2.50. The van der Waals surface area contributed by atoms with Crippen molar-refractivity contribution in [3.8, 4) is 0 Å². The molecule has 1 heterocycles. The normalized spacial score (nSPS) is 19.2. The summed E-state index contributed by atoms with van der Waals surface area (Å²) in [5, 5.41) is 0. The molecule has 0 unspecified atom stereocenters. The van der Waals surface area contributed by atoms with Crippen LogP contribution in [-0.2, 0) is 13.0 Å². The summed E-state index contributed by atoms with van der Waals surface area (Å²) in [5.41, 5.74) is 5.62. The highest BCUT2D eigenvalue weighted by molar-refractivity contribution is 6.25. The molecule has 1 aliphatic carbocycles. The minimum absolute atomic E-state index is 0.306. The zero-order chi connectivity index (χ0) is 23.6. The molecule has 1 aromatic rings. The number of aliphatic imine (C=N–C) groups is 1. The Morgan fingerprint density at radius 3 is 2.50 bits per heavy atom. The fraction of sp³-hybridized carbons (Fsp3) is 0.500. The molecule has 0 spiro atoms. The van der Waals surface area contributed by atoms with Crippen LogP contribution in [0.4, 0.5) is 0 Å². The lowest BCUT2D eigenvalue weighted by molar-refractivity contribution is 0.0807. The van der Waals surface area contributed by atoms with E-state index in [1.807, 2.05) is 24.4 Å². The number of hydrogen-bond acceptors (Lipinski definition) is 3. The van der Waals surface area contributed by atoms with Gasteiger partial charge in [-0.1, -0.05) is 82.7 Å². The third kappa shape index (κ3) is 8.43. The van der Waals surface area contributed by atoms with Gasteiger partial charge in [-0.05, 0) is 54.9 Å². The second-order valence-electron chi connectivity index (χ2n) is 10.3. The molecule has 1 aromatic heterocycles. The number of nitrogens with zero attached hydrogens (tertiary/aromatic N) is 3. The zero-order valence-electron chi connectivity index (χ0n) is 20.5. The van der Waals surface area contributed by atoms with Crippen molar-refractivity contribution in [1.29, 1.82) is 0 Å². The number of aromatic nitrogens is 1. The van der Waals surface area contributed by atoms with Crippen LogP contribution in [0.3, 0.4) is 0 Å². The Labute approximate surface area is 200 Å². The highest BCUT2D eigenvalue weighted by atomic mass is 35.5. The molecule has 0 saturated heterocycles. The van der Waals surface area contributed by atoms with Crippen molar-refractivity contribution < 1.29 is 0 Å². The molecular formula is C28H40ClN3. The summed E-state index contributed by atoms with van der Waals surface area (Å²) in [7, 11) is 0. The van der Waals surface area contributed by atoms with E-state index >= 15 is 0 Å². The van der Waals surface area contributed by atoms with Crippen LogP contribution in [0, 0.1) is 16.7 Å². The second-order valence-corrected chi connectivity index (χ2v) is 10.6. The molecule has 0 N–H and O–H groups in total. The molecule has 0 aliphatic heterocycles. The van der Waals surface area contributed by atoms with Crippen LogP contribution in [0.2, 0.25) is 0 Å². The smallest absolute Gasteiger partial charge is 0.0586 e. The van der Waals surface area contributed by atoms with Crippen molar-refractivity contribution in [2.24, 2.45) is 21.7 Å². The minimum Gasteiger partial charge on any atom is -0.368 e. The highest BCUT2D eigenvalue weighted by Gasteiger charge is 2.39. The van der Waals surface area contributed by atoms with E-state index in [1.165, 1.54) is 17.5 Å². The summed E-state index contributed by atoms with van der Waals surface area (Å²) in [6.07, 6.45) is 18.5. The molecule has 3 nitrogen and oxygen atoms in total. The largest absolute Gasteiger partial charge is 0.368 e. The number of hydrogen-bond donors (Lipinski definition) is 0. The Balaban J connectivity index is 2.31. The van der Waals surface area contributed by atoms with Gasteiger partial charge in [-0.15, -0.1) is 0 Å². The Bertz CT molecular complexity index is 845. The maximum absolute atomic E-state index is 5.58. The van der Waals surface area contributed by atoms with Crippen LogP contribution in [0.1, 0.15) is 65.1 Å². The minimum atomic E-state index is 0.306. The molecule has 1 saturated carbocycles. The van der Waals surface area contributed by atoms with Gasteiger partial charge in [0.05, 0.1) is 5.70 Å². The molecular weight excluding hydrogens is 414 g/mol. The van der Waals surface area contributed by atoms with Crippen molar-refractivity contribution >= 4 is 18.3 Å².